The third kappa shape index (κ3) is 4.94. The van der Waals surface area contributed by atoms with Crippen molar-refractivity contribution in [2.75, 3.05) is 11.8 Å². The first-order valence-corrected chi connectivity index (χ1v) is 5.75. The molecule has 5 heteroatoms. The van der Waals surface area contributed by atoms with Gasteiger partial charge in [-0.2, -0.15) is 0 Å². The minimum Gasteiger partial charge on any atom is -0.391 e. The topological polar surface area (TPSA) is 20.2 Å². The summed E-state index contributed by atoms with van der Waals surface area (Å²) in [6.07, 6.45) is -0.432. The summed E-state index contributed by atoms with van der Waals surface area (Å²) in [5.41, 5.74) is 0. The highest BCUT2D eigenvalue weighted by Gasteiger charge is 2.35. The van der Waals surface area contributed by atoms with E-state index in [2.05, 4.69) is 0 Å². The quantitative estimate of drug-likeness (QED) is 0.759. The predicted octanol–water partition coefficient (Wildman–Crippen LogP) is 3.21. The Balaban J connectivity index is 4.22. The first-order chi connectivity index (χ1) is 5.75. The Bertz CT molecular complexity index is 158. The fraction of sp³-hybridized carbons (Fsp3) is 1.00. The summed E-state index contributed by atoms with van der Waals surface area (Å²) in [7, 11) is 0. The van der Waals surface area contributed by atoms with Gasteiger partial charge in [0.25, 0.3) is 0 Å². The van der Waals surface area contributed by atoms with E-state index in [0.717, 1.165) is 0 Å². The third-order valence-corrected chi connectivity index (χ3v) is 3.95. The zero-order valence-electron chi connectivity index (χ0n) is 7.66. The number of hydrogen-bond donors (Lipinski definition) is 1. The maximum atomic E-state index is 9.68. The lowest BCUT2D eigenvalue weighted by molar-refractivity contribution is 0.121. The van der Waals surface area contributed by atoms with Crippen LogP contribution in [0.3, 0.4) is 0 Å². The van der Waals surface area contributed by atoms with Crippen molar-refractivity contribution >= 4 is 46.4 Å². The lowest BCUT2D eigenvalue weighted by Crippen LogP contribution is -2.40. The third-order valence-electron chi connectivity index (χ3n) is 1.85. The molecule has 13 heavy (non-hydrogen) atoms. The molecule has 0 spiro atoms. The van der Waals surface area contributed by atoms with E-state index in [1.54, 1.807) is 13.8 Å². The van der Waals surface area contributed by atoms with Crippen LogP contribution >= 0.6 is 46.4 Å². The molecule has 0 rings (SSSR count). The van der Waals surface area contributed by atoms with Crippen LogP contribution in [0.25, 0.3) is 0 Å². The fourth-order valence-electron chi connectivity index (χ4n) is 0.760. The molecule has 0 saturated carbocycles. The largest absolute Gasteiger partial charge is 0.391 e. The van der Waals surface area contributed by atoms with Crippen molar-refractivity contribution in [2.24, 2.45) is 0 Å². The highest BCUT2D eigenvalue weighted by molar-refractivity contribution is 6.32. The molecule has 0 heterocycles. The molecule has 0 radical (unpaired) electrons. The van der Waals surface area contributed by atoms with Gasteiger partial charge in [-0.05, 0) is 20.3 Å². The molecule has 0 bridgehead atoms. The number of aliphatic hydroxyl groups excluding tert-OH is 1. The van der Waals surface area contributed by atoms with Crippen molar-refractivity contribution < 1.29 is 5.11 Å². The van der Waals surface area contributed by atoms with Crippen molar-refractivity contribution in [1.82, 2.24) is 0 Å². The van der Waals surface area contributed by atoms with Gasteiger partial charge in [-0.15, -0.1) is 46.4 Å². The van der Waals surface area contributed by atoms with Gasteiger partial charge < -0.3 is 5.11 Å². The van der Waals surface area contributed by atoms with E-state index in [-0.39, 0.29) is 11.8 Å². The summed E-state index contributed by atoms with van der Waals surface area (Å²) in [5.74, 6) is 0.436. The fourth-order valence-corrected chi connectivity index (χ4v) is 1.27. The SMILES string of the molecule is CC(Cl)(CCl)CC(O)C(C)(Cl)CCl. The highest BCUT2D eigenvalue weighted by Crippen LogP contribution is 2.30. The first-order valence-electron chi connectivity index (χ1n) is 3.93. The molecule has 1 nitrogen and oxygen atoms in total. The van der Waals surface area contributed by atoms with E-state index >= 15 is 0 Å². The Hall–Kier alpha value is 1.12. The average molecular weight is 268 g/mol. The number of rotatable bonds is 5. The molecular weight excluding hydrogens is 254 g/mol. The van der Waals surface area contributed by atoms with Crippen LogP contribution in [0.1, 0.15) is 20.3 Å². The van der Waals surface area contributed by atoms with Crippen molar-refractivity contribution in [3.05, 3.63) is 0 Å². The Morgan fingerprint density at radius 1 is 1.15 bits per heavy atom. The molecule has 0 aliphatic heterocycles. The number of aliphatic hydroxyl groups is 1. The van der Waals surface area contributed by atoms with Crippen LogP contribution in [0.15, 0.2) is 0 Å². The second-order valence-corrected chi connectivity index (χ2v) is 5.99. The van der Waals surface area contributed by atoms with E-state index in [1.165, 1.54) is 0 Å². The minimum atomic E-state index is -0.843. The summed E-state index contributed by atoms with van der Waals surface area (Å²) in [4.78, 5) is -1.48. The number of halogens is 4. The van der Waals surface area contributed by atoms with Crippen LogP contribution in [0.4, 0.5) is 0 Å². The van der Waals surface area contributed by atoms with Gasteiger partial charge in [-0.25, -0.2) is 0 Å². The van der Waals surface area contributed by atoms with Crippen molar-refractivity contribution in [3.8, 4) is 0 Å². The molecule has 3 atom stereocenters. The van der Waals surface area contributed by atoms with Gasteiger partial charge in [0, 0.05) is 11.8 Å². The molecular formula is C8H14Cl4O. The monoisotopic (exact) mass is 266 g/mol. The molecule has 0 aromatic heterocycles. The lowest BCUT2D eigenvalue weighted by Gasteiger charge is -2.30. The van der Waals surface area contributed by atoms with Gasteiger partial charge in [0.15, 0.2) is 0 Å². The maximum Gasteiger partial charge on any atom is 0.0812 e. The zero-order chi connectivity index (χ0) is 10.7. The molecule has 0 saturated heterocycles. The molecule has 0 aliphatic carbocycles. The molecule has 0 aliphatic rings. The molecule has 0 fully saturated rings. The van der Waals surface area contributed by atoms with Crippen LogP contribution < -0.4 is 0 Å². The Morgan fingerprint density at radius 2 is 1.62 bits per heavy atom. The van der Waals surface area contributed by atoms with E-state index in [9.17, 15) is 5.11 Å². The van der Waals surface area contributed by atoms with Crippen molar-refractivity contribution in [1.29, 1.82) is 0 Å². The van der Waals surface area contributed by atoms with Gasteiger partial charge in [-0.3, -0.25) is 0 Å². The molecule has 0 amide bonds. The summed E-state index contributed by atoms with van der Waals surface area (Å²) in [5, 5.41) is 9.68. The summed E-state index contributed by atoms with van der Waals surface area (Å²) < 4.78 is 0. The zero-order valence-corrected chi connectivity index (χ0v) is 10.7. The van der Waals surface area contributed by atoms with Crippen LogP contribution in [-0.4, -0.2) is 32.7 Å². The summed E-state index contributed by atoms with van der Waals surface area (Å²) in [6.45, 7) is 3.43. The van der Waals surface area contributed by atoms with E-state index < -0.39 is 15.9 Å². The van der Waals surface area contributed by atoms with Crippen LogP contribution in [0.2, 0.25) is 0 Å². The van der Waals surface area contributed by atoms with Crippen LogP contribution in [0.5, 0.6) is 0 Å². The normalized spacial score (nSPS) is 23.3. The van der Waals surface area contributed by atoms with Gasteiger partial charge in [-0.1, -0.05) is 0 Å². The Morgan fingerprint density at radius 3 is 1.92 bits per heavy atom. The molecule has 0 aromatic carbocycles. The molecule has 0 aromatic rings. The average Bonchev–Trinajstić information content (AvgIpc) is 2.04. The molecule has 80 valence electrons. The Labute approximate surface area is 99.3 Å². The number of alkyl halides is 4. The summed E-state index contributed by atoms with van der Waals surface area (Å²) in [6, 6.07) is 0. The van der Waals surface area contributed by atoms with E-state index in [0.29, 0.717) is 6.42 Å². The van der Waals surface area contributed by atoms with Gasteiger partial charge in [0.1, 0.15) is 0 Å². The first kappa shape index (κ1) is 14.1. The second kappa shape index (κ2) is 5.27. The smallest absolute Gasteiger partial charge is 0.0812 e. The van der Waals surface area contributed by atoms with E-state index in [4.69, 9.17) is 46.4 Å². The highest BCUT2D eigenvalue weighted by atomic mass is 35.5. The maximum absolute atomic E-state index is 9.68. The van der Waals surface area contributed by atoms with E-state index in [1.807, 2.05) is 0 Å². The second-order valence-electron chi connectivity index (χ2n) is 3.68. The Kier molecular flexibility index (Phi) is 5.73. The van der Waals surface area contributed by atoms with Gasteiger partial charge >= 0.3 is 0 Å². The van der Waals surface area contributed by atoms with Crippen LogP contribution in [-0.2, 0) is 0 Å². The lowest BCUT2D eigenvalue weighted by atomic mass is 9.96. The van der Waals surface area contributed by atoms with Crippen molar-refractivity contribution in [2.45, 2.75) is 36.1 Å². The standard InChI is InChI=1S/C8H14Cl4O/c1-7(11,4-9)3-6(13)8(2,12)5-10/h6,13H,3-5H2,1-2H3. The van der Waals surface area contributed by atoms with Gasteiger partial charge in [0.05, 0.1) is 15.9 Å². The predicted molar refractivity (Wildman–Crippen MR) is 60.6 cm³/mol. The molecule has 1 N–H and O–H groups in total. The van der Waals surface area contributed by atoms with Gasteiger partial charge in [0.2, 0.25) is 0 Å². The number of hydrogen-bond acceptors (Lipinski definition) is 1. The minimum absolute atomic E-state index is 0.172. The molecule has 3 unspecified atom stereocenters. The summed E-state index contributed by atoms with van der Waals surface area (Å²) >= 11 is 23.1. The van der Waals surface area contributed by atoms with Crippen molar-refractivity contribution in [3.63, 3.8) is 0 Å². The van der Waals surface area contributed by atoms with Crippen LogP contribution in [0, 0.1) is 0 Å².